The minimum Gasteiger partial charge on any atom is -0.379 e. The minimum atomic E-state index is 0.353. The summed E-state index contributed by atoms with van der Waals surface area (Å²) in [5.74, 6) is 2.28. The zero-order chi connectivity index (χ0) is 13.1. The van der Waals surface area contributed by atoms with Crippen LogP contribution < -0.4 is 5.32 Å². The fraction of sp³-hybridized carbons (Fsp3) is 0.600. The third kappa shape index (κ3) is 8.56. The van der Waals surface area contributed by atoms with Crippen molar-refractivity contribution < 1.29 is 4.74 Å². The fourth-order valence-corrected chi connectivity index (χ4v) is 2.41. The summed E-state index contributed by atoms with van der Waals surface area (Å²) in [6, 6.07) is 10.6. The van der Waals surface area contributed by atoms with Gasteiger partial charge in [-0.2, -0.15) is 11.8 Å². The molecule has 0 unspecified atom stereocenters. The molecule has 1 rings (SSSR count). The van der Waals surface area contributed by atoms with Gasteiger partial charge in [0.1, 0.15) is 0 Å². The van der Waals surface area contributed by atoms with Crippen LogP contribution in [0.2, 0.25) is 0 Å². The molecule has 1 aromatic carbocycles. The Morgan fingerprint density at radius 3 is 2.67 bits per heavy atom. The quantitative estimate of drug-likeness (QED) is 0.657. The van der Waals surface area contributed by atoms with Gasteiger partial charge in [-0.1, -0.05) is 30.3 Å². The molecule has 0 spiro atoms. The molecule has 0 amide bonds. The van der Waals surface area contributed by atoms with E-state index in [1.54, 1.807) is 0 Å². The average molecular weight is 267 g/mol. The Kier molecular flexibility index (Phi) is 9.00. The second-order valence-electron chi connectivity index (χ2n) is 4.56. The Balaban J connectivity index is 1.84. The Morgan fingerprint density at radius 1 is 1.17 bits per heavy atom. The molecule has 0 aliphatic heterocycles. The summed E-state index contributed by atoms with van der Waals surface area (Å²) in [6.45, 7) is 7.15. The normalized spacial score (nSPS) is 11.1. The first-order valence-electron chi connectivity index (χ1n) is 6.73. The van der Waals surface area contributed by atoms with Gasteiger partial charge < -0.3 is 10.1 Å². The van der Waals surface area contributed by atoms with E-state index in [2.05, 4.69) is 49.5 Å². The van der Waals surface area contributed by atoms with E-state index in [0.717, 1.165) is 31.9 Å². The number of hydrogen-bond donors (Lipinski definition) is 1. The smallest absolute Gasteiger partial charge is 0.0518 e. The van der Waals surface area contributed by atoms with E-state index < -0.39 is 0 Å². The van der Waals surface area contributed by atoms with Gasteiger partial charge in [0.05, 0.1) is 6.10 Å². The van der Waals surface area contributed by atoms with Crippen molar-refractivity contribution in [2.45, 2.75) is 32.1 Å². The second-order valence-corrected chi connectivity index (χ2v) is 5.67. The largest absolute Gasteiger partial charge is 0.379 e. The number of nitrogens with one attached hydrogen (secondary N) is 1. The summed E-state index contributed by atoms with van der Waals surface area (Å²) in [4.78, 5) is 0. The van der Waals surface area contributed by atoms with Gasteiger partial charge in [0, 0.05) is 24.7 Å². The molecule has 0 aliphatic carbocycles. The molecule has 3 heteroatoms. The van der Waals surface area contributed by atoms with Gasteiger partial charge in [0.15, 0.2) is 0 Å². The van der Waals surface area contributed by atoms with Crippen LogP contribution in [0.15, 0.2) is 30.3 Å². The van der Waals surface area contributed by atoms with Crippen molar-refractivity contribution in [3.63, 3.8) is 0 Å². The first kappa shape index (κ1) is 15.5. The van der Waals surface area contributed by atoms with Gasteiger partial charge in [-0.15, -0.1) is 0 Å². The van der Waals surface area contributed by atoms with Crippen molar-refractivity contribution in [3.05, 3.63) is 35.9 Å². The van der Waals surface area contributed by atoms with Crippen LogP contribution in [0.5, 0.6) is 0 Å². The van der Waals surface area contributed by atoms with Crippen molar-refractivity contribution >= 4 is 11.8 Å². The van der Waals surface area contributed by atoms with Crippen LogP contribution in [-0.2, 0) is 10.5 Å². The fourth-order valence-electron chi connectivity index (χ4n) is 1.55. The highest BCUT2D eigenvalue weighted by Crippen LogP contribution is 2.10. The molecule has 0 atom stereocenters. The predicted molar refractivity (Wildman–Crippen MR) is 81.2 cm³/mol. The lowest BCUT2D eigenvalue weighted by Gasteiger charge is -2.08. The van der Waals surface area contributed by atoms with Gasteiger partial charge in [0.2, 0.25) is 0 Å². The van der Waals surface area contributed by atoms with Crippen LogP contribution in [-0.4, -0.2) is 31.6 Å². The van der Waals surface area contributed by atoms with E-state index >= 15 is 0 Å². The molecule has 2 nitrogen and oxygen atoms in total. The molecule has 0 saturated carbocycles. The Morgan fingerprint density at radius 2 is 1.94 bits per heavy atom. The molecular weight excluding hydrogens is 242 g/mol. The maximum Gasteiger partial charge on any atom is 0.0518 e. The summed E-state index contributed by atoms with van der Waals surface area (Å²) < 4.78 is 5.48. The first-order chi connectivity index (χ1) is 8.79. The van der Waals surface area contributed by atoms with E-state index in [0.29, 0.717) is 6.10 Å². The van der Waals surface area contributed by atoms with E-state index in [-0.39, 0.29) is 0 Å². The van der Waals surface area contributed by atoms with Crippen LogP contribution in [0.25, 0.3) is 0 Å². The van der Waals surface area contributed by atoms with Crippen LogP contribution in [0.3, 0.4) is 0 Å². The monoisotopic (exact) mass is 267 g/mol. The summed E-state index contributed by atoms with van der Waals surface area (Å²) in [5.41, 5.74) is 1.41. The standard InChI is InChI=1S/C15H25NOS/c1-14(2)17-11-6-9-16-10-12-18-13-15-7-4-3-5-8-15/h3-5,7-8,14,16H,6,9-13H2,1-2H3. The lowest BCUT2D eigenvalue weighted by molar-refractivity contribution is 0.0772. The van der Waals surface area contributed by atoms with Gasteiger partial charge in [-0.25, -0.2) is 0 Å². The molecule has 1 N–H and O–H groups in total. The zero-order valence-corrected chi connectivity index (χ0v) is 12.3. The van der Waals surface area contributed by atoms with Crippen molar-refractivity contribution in [1.82, 2.24) is 5.32 Å². The summed E-state index contributed by atoms with van der Waals surface area (Å²) in [6.07, 6.45) is 1.45. The highest BCUT2D eigenvalue weighted by Gasteiger charge is 1.94. The van der Waals surface area contributed by atoms with Crippen molar-refractivity contribution in [2.75, 3.05) is 25.4 Å². The molecule has 0 radical (unpaired) electrons. The number of thioether (sulfide) groups is 1. The summed E-state index contributed by atoms with van der Waals surface area (Å²) in [5, 5.41) is 3.44. The lowest BCUT2D eigenvalue weighted by atomic mass is 10.2. The van der Waals surface area contributed by atoms with E-state index in [9.17, 15) is 0 Å². The molecular formula is C15H25NOS. The van der Waals surface area contributed by atoms with Gasteiger partial charge in [-0.3, -0.25) is 0 Å². The maximum absolute atomic E-state index is 5.48. The first-order valence-corrected chi connectivity index (χ1v) is 7.88. The van der Waals surface area contributed by atoms with E-state index in [4.69, 9.17) is 4.74 Å². The third-order valence-electron chi connectivity index (χ3n) is 2.48. The molecule has 102 valence electrons. The molecule has 0 bridgehead atoms. The molecule has 0 aliphatic rings. The van der Waals surface area contributed by atoms with Gasteiger partial charge >= 0.3 is 0 Å². The molecule has 0 aromatic heterocycles. The number of hydrogen-bond acceptors (Lipinski definition) is 3. The Labute approximate surface area is 116 Å². The van der Waals surface area contributed by atoms with Crippen molar-refractivity contribution in [2.24, 2.45) is 0 Å². The van der Waals surface area contributed by atoms with Crippen molar-refractivity contribution in [3.8, 4) is 0 Å². The van der Waals surface area contributed by atoms with E-state index in [1.165, 1.54) is 11.3 Å². The topological polar surface area (TPSA) is 21.3 Å². The average Bonchev–Trinajstić information content (AvgIpc) is 2.37. The molecule has 0 saturated heterocycles. The van der Waals surface area contributed by atoms with Gasteiger partial charge in [-0.05, 0) is 32.4 Å². The van der Waals surface area contributed by atoms with Gasteiger partial charge in [0.25, 0.3) is 0 Å². The Bertz CT molecular complexity index is 290. The molecule has 18 heavy (non-hydrogen) atoms. The van der Waals surface area contributed by atoms with Crippen molar-refractivity contribution in [1.29, 1.82) is 0 Å². The summed E-state index contributed by atoms with van der Waals surface area (Å²) in [7, 11) is 0. The molecule has 0 fully saturated rings. The SMILES string of the molecule is CC(C)OCCCNCCSCc1ccccc1. The maximum atomic E-state index is 5.48. The predicted octanol–water partition coefficient (Wildman–Crippen LogP) is 3.32. The second kappa shape index (κ2) is 10.4. The number of ether oxygens (including phenoxy) is 1. The highest BCUT2D eigenvalue weighted by molar-refractivity contribution is 7.98. The van der Waals surface area contributed by atoms with Crippen LogP contribution >= 0.6 is 11.8 Å². The molecule has 1 aromatic rings. The third-order valence-corrected chi connectivity index (χ3v) is 3.51. The number of benzene rings is 1. The van der Waals surface area contributed by atoms with Crippen LogP contribution in [0.4, 0.5) is 0 Å². The summed E-state index contributed by atoms with van der Waals surface area (Å²) >= 11 is 1.98. The minimum absolute atomic E-state index is 0.353. The molecule has 0 heterocycles. The Hall–Kier alpha value is -0.510. The lowest BCUT2D eigenvalue weighted by Crippen LogP contribution is -2.20. The van der Waals surface area contributed by atoms with Crippen LogP contribution in [0, 0.1) is 0 Å². The van der Waals surface area contributed by atoms with E-state index in [1.807, 2.05) is 11.8 Å². The number of rotatable bonds is 10. The van der Waals surface area contributed by atoms with Crippen LogP contribution in [0.1, 0.15) is 25.8 Å². The zero-order valence-electron chi connectivity index (χ0n) is 11.5. The highest BCUT2D eigenvalue weighted by atomic mass is 32.2.